The number of aryl methyl sites for hydroxylation is 2. The number of nitrogens with two attached hydrogens (primary N) is 1. The number of carbonyl (C=O) groups excluding carboxylic acids is 2. The molecule has 10 heteroatoms. The minimum absolute atomic E-state index is 0.0225. The Kier molecular flexibility index (Phi) is 7.00. The molecule has 0 spiro atoms. The molecule has 0 fully saturated rings. The van der Waals surface area contributed by atoms with Gasteiger partial charge in [0.25, 0.3) is 11.5 Å². The van der Waals surface area contributed by atoms with E-state index in [1.165, 1.54) is 14.2 Å². The number of rotatable bonds is 5. The second-order valence-electron chi connectivity index (χ2n) is 8.38. The first-order valence-electron chi connectivity index (χ1n) is 11.2. The molecule has 3 aromatic rings. The van der Waals surface area contributed by atoms with Crippen LogP contribution >= 0.6 is 11.3 Å². The molecule has 1 amide bonds. The highest BCUT2D eigenvalue weighted by molar-refractivity contribution is 7.07. The van der Waals surface area contributed by atoms with E-state index in [-0.39, 0.29) is 26.2 Å². The normalized spacial score (nSPS) is 15.2. The highest BCUT2D eigenvalue weighted by Gasteiger charge is 2.35. The number of thiazole rings is 1. The van der Waals surface area contributed by atoms with Crippen molar-refractivity contribution in [1.29, 1.82) is 5.26 Å². The van der Waals surface area contributed by atoms with Crippen LogP contribution in [0.25, 0.3) is 17.5 Å². The monoisotopic (exact) mass is 516 g/mol. The second kappa shape index (κ2) is 10.2. The number of nitrogens with one attached hydrogen (secondary N) is 1. The summed E-state index contributed by atoms with van der Waals surface area (Å²) in [5.74, 6) is -1.61. The lowest BCUT2D eigenvalue weighted by molar-refractivity contribution is -0.133. The Hall–Kier alpha value is -4.62. The SMILES string of the molecule is COC(=O)/C=c1\sc2n(c1=O)C(N)=C(C#N)[C@@H](c1ccc(OC)cc1)C=2C(=O)Nc1ccc(C)cc1C. The number of anilines is 1. The number of nitrogens with zero attached hydrogens (tertiary/aromatic N) is 2. The zero-order valence-electron chi connectivity index (χ0n) is 20.6. The topological polar surface area (TPSA) is 136 Å². The Labute approximate surface area is 216 Å². The zero-order chi connectivity index (χ0) is 26.9. The maximum atomic E-state index is 13.9. The number of ether oxygens (including phenoxy) is 2. The van der Waals surface area contributed by atoms with Crippen LogP contribution in [0.1, 0.15) is 22.6 Å². The van der Waals surface area contributed by atoms with E-state index >= 15 is 0 Å². The van der Waals surface area contributed by atoms with Gasteiger partial charge in [0.2, 0.25) is 0 Å². The molecule has 0 aliphatic carbocycles. The van der Waals surface area contributed by atoms with Gasteiger partial charge in [-0.2, -0.15) is 5.26 Å². The summed E-state index contributed by atoms with van der Waals surface area (Å²) in [6, 6.07) is 14.6. The fourth-order valence-corrected chi connectivity index (χ4v) is 5.34. The van der Waals surface area contributed by atoms with Gasteiger partial charge in [-0.1, -0.05) is 29.8 Å². The molecule has 0 saturated heterocycles. The summed E-state index contributed by atoms with van der Waals surface area (Å²) in [6.45, 7) is 3.82. The molecule has 1 aromatic heterocycles. The van der Waals surface area contributed by atoms with Crippen LogP contribution in [-0.4, -0.2) is 30.7 Å². The van der Waals surface area contributed by atoms with Crippen LogP contribution in [0.3, 0.4) is 0 Å². The summed E-state index contributed by atoms with van der Waals surface area (Å²) in [7, 11) is 2.73. The van der Waals surface area contributed by atoms with Gasteiger partial charge in [-0.3, -0.25) is 14.2 Å². The van der Waals surface area contributed by atoms with E-state index in [0.29, 0.717) is 17.0 Å². The highest BCUT2D eigenvalue weighted by atomic mass is 32.1. The van der Waals surface area contributed by atoms with Gasteiger partial charge in [-0.25, -0.2) is 4.79 Å². The van der Waals surface area contributed by atoms with Gasteiger partial charge in [-0.05, 0) is 43.2 Å². The van der Waals surface area contributed by atoms with E-state index < -0.39 is 23.4 Å². The first-order valence-corrected chi connectivity index (χ1v) is 12.0. The van der Waals surface area contributed by atoms with E-state index in [1.807, 2.05) is 26.0 Å². The third kappa shape index (κ3) is 4.64. The first-order chi connectivity index (χ1) is 17.7. The van der Waals surface area contributed by atoms with Crippen LogP contribution in [0.15, 0.2) is 52.8 Å². The average Bonchev–Trinajstić information content (AvgIpc) is 3.20. The predicted molar refractivity (Wildman–Crippen MR) is 141 cm³/mol. The Morgan fingerprint density at radius 1 is 1.16 bits per heavy atom. The van der Waals surface area contributed by atoms with E-state index in [1.54, 1.807) is 30.3 Å². The standard InChI is InChI=1S/C27H24N4O5S/c1-14-5-10-19(15(2)11-14)30-25(33)23-22(16-6-8-17(35-3)9-7-16)18(13-28)24(29)31-26(34)20(37-27(23)31)12-21(32)36-4/h5-12,22H,29H2,1-4H3,(H,30,33)/b20-12-/t22-/m1/s1. The third-order valence-electron chi connectivity index (χ3n) is 6.04. The predicted octanol–water partition coefficient (Wildman–Crippen LogP) is 1.73. The number of hydrogen-bond donors (Lipinski definition) is 2. The summed E-state index contributed by atoms with van der Waals surface area (Å²) in [5, 5.41) is 13.0. The quantitative estimate of drug-likeness (QED) is 0.493. The largest absolute Gasteiger partial charge is 0.497 e. The van der Waals surface area contributed by atoms with Crippen LogP contribution in [0, 0.1) is 25.2 Å². The van der Waals surface area contributed by atoms with Crippen molar-refractivity contribution in [3.63, 3.8) is 0 Å². The van der Waals surface area contributed by atoms with E-state index in [0.717, 1.165) is 33.1 Å². The molecule has 0 saturated carbocycles. The minimum atomic E-state index is -0.870. The Morgan fingerprint density at radius 2 is 1.86 bits per heavy atom. The molecule has 1 aliphatic rings. The smallest absolute Gasteiger partial charge is 0.332 e. The molecule has 0 radical (unpaired) electrons. The van der Waals surface area contributed by atoms with Crippen molar-refractivity contribution < 1.29 is 19.1 Å². The summed E-state index contributed by atoms with van der Waals surface area (Å²) >= 11 is 0.930. The summed E-state index contributed by atoms with van der Waals surface area (Å²) < 4.78 is 11.3. The van der Waals surface area contributed by atoms with E-state index in [9.17, 15) is 19.6 Å². The van der Waals surface area contributed by atoms with Crippen LogP contribution in [-0.2, 0) is 14.3 Å². The van der Waals surface area contributed by atoms with Gasteiger partial charge in [0.1, 0.15) is 20.8 Å². The van der Waals surface area contributed by atoms with Gasteiger partial charge in [0.15, 0.2) is 0 Å². The van der Waals surface area contributed by atoms with E-state index in [4.69, 9.17) is 10.5 Å². The number of methoxy groups -OCH3 is 2. The molecule has 2 heterocycles. The summed E-state index contributed by atoms with van der Waals surface area (Å²) in [6.07, 6.45) is 1.04. The molecule has 0 unspecified atom stereocenters. The van der Waals surface area contributed by atoms with Crippen molar-refractivity contribution in [2.24, 2.45) is 5.73 Å². The fourth-order valence-electron chi connectivity index (χ4n) is 4.21. The number of fused-ring (bicyclic) bond motifs is 1. The van der Waals surface area contributed by atoms with Gasteiger partial charge in [-0.15, -0.1) is 11.3 Å². The van der Waals surface area contributed by atoms with Crippen molar-refractivity contribution in [1.82, 2.24) is 4.57 Å². The number of esters is 1. The molecule has 2 aromatic carbocycles. The number of benzene rings is 2. The average molecular weight is 517 g/mol. The van der Waals surface area contributed by atoms with Crippen molar-refractivity contribution in [3.8, 4) is 11.8 Å². The van der Waals surface area contributed by atoms with Crippen molar-refractivity contribution in [2.75, 3.05) is 19.5 Å². The number of allylic oxidation sites excluding steroid dienone is 1. The van der Waals surface area contributed by atoms with Gasteiger partial charge in [0.05, 0.1) is 37.4 Å². The van der Waals surface area contributed by atoms with Crippen molar-refractivity contribution >= 4 is 46.4 Å². The lowest BCUT2D eigenvalue weighted by atomic mass is 9.83. The second-order valence-corrected chi connectivity index (χ2v) is 9.41. The number of nitriles is 1. The number of aromatic nitrogens is 1. The summed E-state index contributed by atoms with van der Waals surface area (Å²) in [4.78, 5) is 39.0. The van der Waals surface area contributed by atoms with Crippen LogP contribution < -0.4 is 30.5 Å². The van der Waals surface area contributed by atoms with Gasteiger partial charge < -0.3 is 20.5 Å². The molecule has 1 atom stereocenters. The van der Waals surface area contributed by atoms with Gasteiger partial charge in [0, 0.05) is 11.8 Å². The maximum Gasteiger partial charge on any atom is 0.332 e. The van der Waals surface area contributed by atoms with Crippen LogP contribution in [0.4, 0.5) is 5.69 Å². The van der Waals surface area contributed by atoms with E-state index in [2.05, 4.69) is 16.1 Å². The number of carbonyl (C=O) groups is 2. The minimum Gasteiger partial charge on any atom is -0.497 e. The number of amides is 1. The molecule has 0 bridgehead atoms. The molecule has 3 N–H and O–H groups in total. The Morgan fingerprint density at radius 3 is 2.46 bits per heavy atom. The molecule has 9 nitrogen and oxygen atoms in total. The van der Waals surface area contributed by atoms with Gasteiger partial charge >= 0.3 is 5.97 Å². The van der Waals surface area contributed by atoms with Crippen LogP contribution in [0.2, 0.25) is 0 Å². The van der Waals surface area contributed by atoms with Crippen LogP contribution in [0.5, 0.6) is 5.75 Å². The lowest BCUT2D eigenvalue weighted by Gasteiger charge is -2.25. The highest BCUT2D eigenvalue weighted by Crippen LogP contribution is 2.37. The lowest BCUT2D eigenvalue weighted by Crippen LogP contribution is -2.40. The van der Waals surface area contributed by atoms with Crippen molar-refractivity contribution in [3.05, 3.63) is 84.3 Å². The first kappa shape index (κ1) is 25.5. The molecular formula is C27H24N4O5S. The molecule has 188 valence electrons. The maximum absolute atomic E-state index is 13.9. The number of hydrogen-bond acceptors (Lipinski definition) is 8. The fraction of sp³-hybridized carbons (Fsp3) is 0.185. The third-order valence-corrected chi connectivity index (χ3v) is 7.15. The molecule has 4 rings (SSSR count). The summed E-state index contributed by atoms with van der Waals surface area (Å²) in [5.41, 5.74) is 8.99. The van der Waals surface area contributed by atoms with Crippen molar-refractivity contribution in [2.45, 2.75) is 19.8 Å². The molecule has 1 aliphatic heterocycles. The Balaban J connectivity index is 2.04. The molecular weight excluding hydrogens is 492 g/mol. The Bertz CT molecular complexity index is 1670. The molecule has 37 heavy (non-hydrogen) atoms. The zero-order valence-corrected chi connectivity index (χ0v) is 21.4.